The van der Waals surface area contributed by atoms with E-state index in [4.69, 9.17) is 15.0 Å². The first-order valence-electron chi connectivity index (χ1n) is 23.4. The molecule has 0 saturated heterocycles. The van der Waals surface area contributed by atoms with E-state index in [1.807, 2.05) is 24.3 Å². The van der Waals surface area contributed by atoms with Crippen LogP contribution in [0.15, 0.2) is 243 Å². The number of para-hydroxylation sites is 4. The van der Waals surface area contributed by atoms with Gasteiger partial charge in [-0.05, 0) is 70.8 Å². The fourth-order valence-electron chi connectivity index (χ4n) is 10.6. The predicted molar refractivity (Wildman–Crippen MR) is 285 cm³/mol. The molecule has 69 heavy (non-hydrogen) atoms. The van der Waals surface area contributed by atoms with E-state index in [2.05, 4.69) is 232 Å². The summed E-state index contributed by atoms with van der Waals surface area (Å²) in [5, 5.41) is 6.98. The summed E-state index contributed by atoms with van der Waals surface area (Å²) in [6, 6.07) is 86.3. The molecule has 322 valence electrons. The molecule has 0 aliphatic carbocycles. The van der Waals surface area contributed by atoms with E-state index >= 15 is 0 Å². The summed E-state index contributed by atoms with van der Waals surface area (Å²) in [4.78, 5) is 16.1. The van der Waals surface area contributed by atoms with Crippen LogP contribution in [0.5, 0.6) is 0 Å². The van der Waals surface area contributed by atoms with Crippen LogP contribution in [0.1, 0.15) is 0 Å². The number of hydrogen-bond acceptors (Lipinski definition) is 3. The maximum Gasteiger partial charge on any atom is 0.238 e. The molecule has 4 heterocycles. The molecule has 0 spiro atoms. The number of nitrogens with zero attached hydrogens (tertiary/aromatic N) is 6. The van der Waals surface area contributed by atoms with Gasteiger partial charge in [-0.25, -0.2) is 4.98 Å². The van der Waals surface area contributed by atoms with Crippen LogP contribution in [0.4, 0.5) is 0 Å². The topological polar surface area (TPSA) is 53.5 Å². The highest BCUT2D eigenvalue weighted by Crippen LogP contribution is 2.44. The Morgan fingerprint density at radius 3 is 1.28 bits per heavy atom. The van der Waals surface area contributed by atoms with E-state index in [1.54, 1.807) is 0 Å². The molecule has 4 aromatic heterocycles. The van der Waals surface area contributed by atoms with Gasteiger partial charge in [0.1, 0.15) is 0 Å². The van der Waals surface area contributed by atoms with Crippen molar-refractivity contribution in [2.24, 2.45) is 0 Å². The smallest absolute Gasteiger partial charge is 0.238 e. The largest absolute Gasteiger partial charge is 0.309 e. The molecule has 6 heteroatoms. The fourth-order valence-corrected chi connectivity index (χ4v) is 10.6. The molecule has 0 N–H and O–H groups in total. The SMILES string of the molecule is c1ccc(-c2ccc(-c3nc(-c4ccccc4)nc(-n4c5cccc(-n6c7ccccc7c7ccccc76)c5c5cccc(-n6c7ccccc7c7cc(-c8ccccc8)ccc76)c54)n3)cc2)cc1. The Labute approximate surface area is 397 Å². The van der Waals surface area contributed by atoms with Crippen LogP contribution < -0.4 is 0 Å². The average Bonchev–Trinajstić information content (AvgIpc) is 4.07. The molecule has 0 aliphatic heterocycles. The molecule has 0 unspecified atom stereocenters. The van der Waals surface area contributed by atoms with Gasteiger partial charge in [0.05, 0.1) is 44.5 Å². The van der Waals surface area contributed by atoms with E-state index in [9.17, 15) is 0 Å². The second kappa shape index (κ2) is 15.6. The zero-order chi connectivity index (χ0) is 45.4. The third kappa shape index (κ3) is 6.16. The highest BCUT2D eigenvalue weighted by Gasteiger charge is 2.25. The molecule has 0 fully saturated rings. The summed E-state index contributed by atoms with van der Waals surface area (Å²) in [6.45, 7) is 0. The Morgan fingerprint density at radius 1 is 0.246 bits per heavy atom. The van der Waals surface area contributed by atoms with Gasteiger partial charge in [-0.15, -0.1) is 0 Å². The summed E-state index contributed by atoms with van der Waals surface area (Å²) in [5.74, 6) is 1.72. The minimum atomic E-state index is 0.532. The van der Waals surface area contributed by atoms with Crippen LogP contribution in [0.2, 0.25) is 0 Å². The Hall–Kier alpha value is -9.39. The first-order valence-corrected chi connectivity index (χ1v) is 23.4. The standard InChI is InChI=1S/C63H40N6/c1-4-18-41(19-5-1)43-34-36-45(37-35-43)62-64-61(44-22-8-3-9-23-44)65-63(66-62)69-57-32-17-31-56(67-52-28-13-10-24-47(52)48-25-11-14-29-53(48)67)59(57)50-27-16-33-58(60(50)69)68-54-30-15-12-26-49(54)51-40-46(38-39-55(51)68)42-20-6-2-7-21-42/h1-40H. The first kappa shape index (κ1) is 38.8. The summed E-state index contributed by atoms with van der Waals surface area (Å²) in [6.07, 6.45) is 0. The van der Waals surface area contributed by atoms with Crippen LogP contribution in [0.25, 0.3) is 128 Å². The van der Waals surface area contributed by atoms with E-state index in [0.29, 0.717) is 17.6 Å². The predicted octanol–water partition coefficient (Wildman–Crippen LogP) is 15.8. The van der Waals surface area contributed by atoms with E-state index in [0.717, 1.165) is 77.5 Å². The van der Waals surface area contributed by atoms with Crippen LogP contribution in [-0.4, -0.2) is 28.7 Å². The lowest BCUT2D eigenvalue weighted by molar-refractivity contribution is 0.949. The van der Waals surface area contributed by atoms with Gasteiger partial charge in [-0.3, -0.25) is 4.57 Å². The van der Waals surface area contributed by atoms with Crippen molar-refractivity contribution in [2.45, 2.75) is 0 Å². The Balaban J connectivity index is 1.10. The van der Waals surface area contributed by atoms with Crippen LogP contribution >= 0.6 is 0 Å². The summed E-state index contributed by atoms with van der Waals surface area (Å²) in [7, 11) is 0. The van der Waals surface area contributed by atoms with Crippen LogP contribution in [0.3, 0.4) is 0 Å². The molecule has 0 radical (unpaired) electrons. The second-order valence-corrected chi connectivity index (χ2v) is 17.6. The van der Waals surface area contributed by atoms with Crippen molar-refractivity contribution in [1.29, 1.82) is 0 Å². The van der Waals surface area contributed by atoms with Gasteiger partial charge in [0.2, 0.25) is 5.95 Å². The molecular weight excluding hydrogens is 841 g/mol. The number of benzene rings is 10. The van der Waals surface area contributed by atoms with Gasteiger partial charge in [0.15, 0.2) is 11.6 Å². The maximum absolute atomic E-state index is 5.48. The molecule has 0 amide bonds. The number of hydrogen-bond donors (Lipinski definition) is 0. The molecule has 0 saturated carbocycles. The lowest BCUT2D eigenvalue weighted by atomic mass is 10.0. The van der Waals surface area contributed by atoms with Crippen molar-refractivity contribution in [3.05, 3.63) is 243 Å². The Kier molecular flexibility index (Phi) is 8.79. The summed E-state index contributed by atoms with van der Waals surface area (Å²) in [5.41, 5.74) is 15.1. The monoisotopic (exact) mass is 880 g/mol. The fraction of sp³-hybridized carbons (Fsp3) is 0. The zero-order valence-corrected chi connectivity index (χ0v) is 37.3. The highest BCUT2D eigenvalue weighted by molar-refractivity contribution is 6.19. The minimum Gasteiger partial charge on any atom is -0.309 e. The van der Waals surface area contributed by atoms with E-state index in [1.165, 1.54) is 32.7 Å². The molecular formula is C63H40N6. The van der Waals surface area contributed by atoms with Crippen molar-refractivity contribution in [2.75, 3.05) is 0 Å². The Bertz CT molecular complexity index is 4230. The molecule has 0 aliphatic rings. The van der Waals surface area contributed by atoms with Gasteiger partial charge < -0.3 is 9.13 Å². The summed E-state index contributed by atoms with van der Waals surface area (Å²) >= 11 is 0. The molecule has 10 aromatic carbocycles. The van der Waals surface area contributed by atoms with Gasteiger partial charge in [0.25, 0.3) is 0 Å². The van der Waals surface area contributed by atoms with Crippen molar-refractivity contribution < 1.29 is 0 Å². The normalized spacial score (nSPS) is 11.8. The Morgan fingerprint density at radius 2 is 0.652 bits per heavy atom. The first-order chi connectivity index (χ1) is 34.2. The zero-order valence-electron chi connectivity index (χ0n) is 37.3. The van der Waals surface area contributed by atoms with Crippen LogP contribution in [-0.2, 0) is 0 Å². The second-order valence-electron chi connectivity index (χ2n) is 17.6. The van der Waals surface area contributed by atoms with Crippen molar-refractivity contribution in [3.8, 4) is 62.4 Å². The third-order valence-corrected chi connectivity index (χ3v) is 13.7. The minimum absolute atomic E-state index is 0.532. The van der Waals surface area contributed by atoms with Gasteiger partial charge >= 0.3 is 0 Å². The van der Waals surface area contributed by atoms with E-state index in [-0.39, 0.29) is 0 Å². The van der Waals surface area contributed by atoms with Crippen molar-refractivity contribution >= 4 is 65.4 Å². The number of fused-ring (bicyclic) bond motifs is 9. The lowest BCUT2D eigenvalue weighted by Crippen LogP contribution is -2.08. The average molecular weight is 881 g/mol. The van der Waals surface area contributed by atoms with Gasteiger partial charge in [-0.2, -0.15) is 9.97 Å². The molecule has 0 bridgehead atoms. The summed E-state index contributed by atoms with van der Waals surface area (Å²) < 4.78 is 7.14. The van der Waals surface area contributed by atoms with Gasteiger partial charge in [-0.1, -0.05) is 194 Å². The molecule has 6 nitrogen and oxygen atoms in total. The number of aromatic nitrogens is 6. The maximum atomic E-state index is 5.48. The highest BCUT2D eigenvalue weighted by atomic mass is 15.2. The molecule has 14 rings (SSSR count). The molecule has 14 aromatic rings. The molecule has 0 atom stereocenters. The van der Waals surface area contributed by atoms with Crippen molar-refractivity contribution in [3.63, 3.8) is 0 Å². The van der Waals surface area contributed by atoms with Crippen LogP contribution in [0, 0.1) is 0 Å². The van der Waals surface area contributed by atoms with E-state index < -0.39 is 0 Å². The quantitative estimate of drug-likeness (QED) is 0.160. The third-order valence-electron chi connectivity index (χ3n) is 13.7. The van der Waals surface area contributed by atoms with Gasteiger partial charge in [0, 0.05) is 43.4 Å². The lowest BCUT2D eigenvalue weighted by Gasteiger charge is -2.15. The number of rotatable bonds is 7. The van der Waals surface area contributed by atoms with Crippen molar-refractivity contribution in [1.82, 2.24) is 28.7 Å².